The number of ether oxygens (including phenoxy) is 2. The molecule has 2 aliphatic heterocycles. The third-order valence-corrected chi connectivity index (χ3v) is 6.47. The van der Waals surface area contributed by atoms with Crippen LogP contribution in [0.5, 0.6) is 5.75 Å². The van der Waals surface area contributed by atoms with Crippen LogP contribution in [0.4, 0.5) is 0 Å². The van der Waals surface area contributed by atoms with Crippen LogP contribution in [0.25, 0.3) is 0 Å². The fourth-order valence-electron chi connectivity index (χ4n) is 4.31. The summed E-state index contributed by atoms with van der Waals surface area (Å²) in [5.41, 5.74) is 1.28. The van der Waals surface area contributed by atoms with Gasteiger partial charge in [-0.25, -0.2) is 0 Å². The van der Waals surface area contributed by atoms with Gasteiger partial charge < -0.3 is 25.0 Å². The van der Waals surface area contributed by atoms with Crippen LogP contribution >= 0.6 is 0 Å². The number of hydrogen-bond donors (Lipinski definition) is 2. The topological polar surface area (TPSA) is 64.6 Å². The molecule has 2 fully saturated rings. The zero-order valence-electron chi connectivity index (χ0n) is 20.3. The van der Waals surface area contributed by atoms with Gasteiger partial charge in [-0.05, 0) is 38.6 Å². The highest BCUT2D eigenvalue weighted by Crippen LogP contribution is 2.23. The molecule has 0 radical (unpaired) electrons. The summed E-state index contributed by atoms with van der Waals surface area (Å²) in [7, 11) is 3.90. The molecule has 0 aromatic heterocycles. The predicted octanol–water partition coefficient (Wildman–Crippen LogP) is 1.26. The molecule has 2 N–H and O–H groups in total. The van der Waals surface area contributed by atoms with Gasteiger partial charge >= 0.3 is 0 Å². The van der Waals surface area contributed by atoms with E-state index in [0.717, 1.165) is 83.8 Å². The van der Waals surface area contributed by atoms with Crippen LogP contribution in [0.15, 0.2) is 29.3 Å². The van der Waals surface area contributed by atoms with E-state index in [1.165, 1.54) is 5.56 Å². The van der Waals surface area contributed by atoms with E-state index in [4.69, 9.17) is 14.5 Å². The Morgan fingerprint density at radius 1 is 1.03 bits per heavy atom. The normalized spacial score (nSPS) is 21.2. The lowest BCUT2D eigenvalue weighted by atomic mass is 10.0. The van der Waals surface area contributed by atoms with Gasteiger partial charge in [-0.2, -0.15) is 0 Å². The molecule has 32 heavy (non-hydrogen) atoms. The standard InChI is InChI=1S/C24H42N6O2/c1-5-25-24(26-18-20(2)29-12-10-28(3)11-13-29)27-19-23(30-14-16-32-17-15-30)21-6-8-22(31-4)9-7-21/h6-9,20,23H,5,10-19H2,1-4H3,(H2,25,26,27). The summed E-state index contributed by atoms with van der Waals surface area (Å²) in [5.74, 6) is 1.77. The van der Waals surface area contributed by atoms with Gasteiger partial charge in [0.1, 0.15) is 5.75 Å². The second-order valence-corrected chi connectivity index (χ2v) is 8.73. The van der Waals surface area contributed by atoms with Gasteiger partial charge in [-0.3, -0.25) is 14.8 Å². The predicted molar refractivity (Wildman–Crippen MR) is 131 cm³/mol. The summed E-state index contributed by atoms with van der Waals surface area (Å²) in [6.45, 7) is 14.8. The maximum Gasteiger partial charge on any atom is 0.191 e. The quantitative estimate of drug-likeness (QED) is 0.437. The average molecular weight is 447 g/mol. The second kappa shape index (κ2) is 13.0. The molecule has 0 saturated carbocycles. The lowest BCUT2D eigenvalue weighted by molar-refractivity contribution is 0.0170. The highest BCUT2D eigenvalue weighted by atomic mass is 16.5. The first-order chi connectivity index (χ1) is 15.6. The van der Waals surface area contributed by atoms with Gasteiger partial charge in [-0.1, -0.05) is 12.1 Å². The Balaban J connectivity index is 1.63. The van der Waals surface area contributed by atoms with Crippen molar-refractivity contribution in [3.05, 3.63) is 29.8 Å². The van der Waals surface area contributed by atoms with Crippen LogP contribution in [-0.4, -0.2) is 113 Å². The summed E-state index contributed by atoms with van der Waals surface area (Å²) in [4.78, 5) is 12.4. The van der Waals surface area contributed by atoms with Crippen LogP contribution in [0.3, 0.4) is 0 Å². The minimum atomic E-state index is 0.253. The van der Waals surface area contributed by atoms with Crippen molar-refractivity contribution in [1.82, 2.24) is 25.3 Å². The SMILES string of the molecule is CCNC(=NCC(C)N1CCN(C)CC1)NCC(c1ccc(OC)cc1)N1CCOCC1. The summed E-state index contributed by atoms with van der Waals surface area (Å²) in [6.07, 6.45) is 0. The van der Waals surface area contributed by atoms with Crippen molar-refractivity contribution in [2.75, 3.05) is 86.3 Å². The van der Waals surface area contributed by atoms with Crippen molar-refractivity contribution in [2.24, 2.45) is 4.99 Å². The van der Waals surface area contributed by atoms with Gasteiger partial charge in [0.05, 0.1) is 32.9 Å². The van der Waals surface area contributed by atoms with E-state index in [2.05, 4.69) is 58.4 Å². The number of aliphatic imine (C=N–C) groups is 1. The van der Waals surface area contributed by atoms with Crippen molar-refractivity contribution in [3.8, 4) is 5.75 Å². The molecular weight excluding hydrogens is 404 g/mol. The number of nitrogens with zero attached hydrogens (tertiary/aromatic N) is 4. The maximum atomic E-state index is 5.59. The monoisotopic (exact) mass is 446 g/mol. The van der Waals surface area contributed by atoms with E-state index in [0.29, 0.717) is 6.04 Å². The number of piperazine rings is 1. The summed E-state index contributed by atoms with van der Waals surface area (Å²) in [5, 5.41) is 7.03. The second-order valence-electron chi connectivity index (χ2n) is 8.73. The third kappa shape index (κ3) is 7.33. The Labute approximate surface area is 193 Å². The molecule has 2 heterocycles. The Morgan fingerprint density at radius 2 is 1.72 bits per heavy atom. The summed E-state index contributed by atoms with van der Waals surface area (Å²) < 4.78 is 10.9. The lowest BCUT2D eigenvalue weighted by Gasteiger charge is -2.36. The van der Waals surface area contributed by atoms with Crippen LogP contribution in [0.2, 0.25) is 0 Å². The Hall–Kier alpha value is -1.87. The van der Waals surface area contributed by atoms with Crippen LogP contribution in [0, 0.1) is 0 Å². The molecule has 2 saturated heterocycles. The van der Waals surface area contributed by atoms with Crippen molar-refractivity contribution in [2.45, 2.75) is 25.9 Å². The molecule has 3 rings (SSSR count). The van der Waals surface area contributed by atoms with Gasteiger partial charge in [0.15, 0.2) is 5.96 Å². The molecule has 0 aliphatic carbocycles. The largest absolute Gasteiger partial charge is 0.497 e. The number of nitrogens with one attached hydrogen (secondary N) is 2. The Bertz CT molecular complexity index is 684. The van der Waals surface area contributed by atoms with E-state index < -0.39 is 0 Å². The zero-order chi connectivity index (χ0) is 22.8. The highest BCUT2D eigenvalue weighted by Gasteiger charge is 2.23. The molecule has 180 valence electrons. The first-order valence-corrected chi connectivity index (χ1v) is 12.0. The fraction of sp³-hybridized carbons (Fsp3) is 0.708. The number of methoxy groups -OCH3 is 1. The van der Waals surface area contributed by atoms with Gasteiger partial charge in [0, 0.05) is 58.4 Å². The molecule has 2 atom stereocenters. The molecule has 1 aromatic carbocycles. The molecule has 2 unspecified atom stereocenters. The van der Waals surface area contributed by atoms with E-state index in [9.17, 15) is 0 Å². The number of hydrogen-bond acceptors (Lipinski definition) is 6. The van der Waals surface area contributed by atoms with Crippen molar-refractivity contribution >= 4 is 5.96 Å². The highest BCUT2D eigenvalue weighted by molar-refractivity contribution is 5.79. The molecule has 2 aliphatic rings. The molecule has 0 bridgehead atoms. The Morgan fingerprint density at radius 3 is 2.34 bits per heavy atom. The van der Waals surface area contributed by atoms with Crippen molar-refractivity contribution in [1.29, 1.82) is 0 Å². The molecule has 1 aromatic rings. The van der Waals surface area contributed by atoms with E-state index in [1.807, 2.05) is 12.1 Å². The van der Waals surface area contributed by atoms with E-state index >= 15 is 0 Å². The average Bonchev–Trinajstić information content (AvgIpc) is 2.84. The summed E-state index contributed by atoms with van der Waals surface area (Å²) >= 11 is 0. The molecular formula is C24H42N6O2. The zero-order valence-corrected chi connectivity index (χ0v) is 20.3. The third-order valence-electron chi connectivity index (χ3n) is 6.47. The number of morpholine rings is 1. The van der Waals surface area contributed by atoms with E-state index in [1.54, 1.807) is 7.11 Å². The number of likely N-dealkylation sites (N-methyl/N-ethyl adjacent to an activating group) is 1. The van der Waals surface area contributed by atoms with Gasteiger partial charge in [0.2, 0.25) is 0 Å². The molecule has 0 spiro atoms. The Kier molecular flexibility index (Phi) is 10.1. The number of rotatable bonds is 9. The minimum Gasteiger partial charge on any atom is -0.497 e. The first kappa shape index (κ1) is 24.8. The fourth-order valence-corrected chi connectivity index (χ4v) is 4.31. The van der Waals surface area contributed by atoms with Crippen molar-refractivity contribution < 1.29 is 9.47 Å². The van der Waals surface area contributed by atoms with Gasteiger partial charge in [-0.15, -0.1) is 0 Å². The van der Waals surface area contributed by atoms with Crippen LogP contribution in [-0.2, 0) is 4.74 Å². The molecule has 0 amide bonds. The molecule has 8 heteroatoms. The maximum absolute atomic E-state index is 5.59. The number of benzene rings is 1. The first-order valence-electron chi connectivity index (χ1n) is 12.0. The van der Waals surface area contributed by atoms with Gasteiger partial charge in [0.25, 0.3) is 0 Å². The van der Waals surface area contributed by atoms with Crippen LogP contribution < -0.4 is 15.4 Å². The smallest absolute Gasteiger partial charge is 0.191 e. The van der Waals surface area contributed by atoms with E-state index in [-0.39, 0.29) is 6.04 Å². The van der Waals surface area contributed by atoms with Crippen molar-refractivity contribution in [3.63, 3.8) is 0 Å². The number of guanidine groups is 1. The van der Waals surface area contributed by atoms with Crippen LogP contribution in [0.1, 0.15) is 25.5 Å². The lowest BCUT2D eigenvalue weighted by Crippen LogP contribution is -2.49. The molecule has 8 nitrogen and oxygen atoms in total. The minimum absolute atomic E-state index is 0.253. The summed E-state index contributed by atoms with van der Waals surface area (Å²) in [6, 6.07) is 9.11.